The fraction of sp³-hybridized carbons (Fsp3) is 0.158. The summed E-state index contributed by atoms with van der Waals surface area (Å²) in [4.78, 5) is 16.4. The molecule has 1 atom stereocenters. The standard InChI is InChI=1S/C19H18N2O2/c22-19(17-9-5-2-6-10-17)23-18(16-7-3-1-4-8-16)11-13-21-14-12-20-15-21/h1-10,12,14-15,18H,11,13H2. The number of ether oxygens (including phenoxy) is 1. The van der Waals surface area contributed by atoms with Crippen molar-refractivity contribution in [3.05, 3.63) is 90.5 Å². The van der Waals surface area contributed by atoms with Gasteiger partial charge in [-0.3, -0.25) is 0 Å². The lowest BCUT2D eigenvalue weighted by Gasteiger charge is -2.18. The summed E-state index contributed by atoms with van der Waals surface area (Å²) in [5.74, 6) is -0.301. The molecule has 116 valence electrons. The van der Waals surface area contributed by atoms with E-state index >= 15 is 0 Å². The molecule has 0 aliphatic heterocycles. The lowest BCUT2D eigenvalue weighted by atomic mass is 10.1. The first kappa shape index (κ1) is 15.0. The number of imidazole rings is 1. The van der Waals surface area contributed by atoms with Gasteiger partial charge in [-0.05, 0) is 17.7 Å². The highest BCUT2D eigenvalue weighted by Crippen LogP contribution is 2.23. The molecular formula is C19H18N2O2. The van der Waals surface area contributed by atoms with Crippen LogP contribution in [0.3, 0.4) is 0 Å². The molecule has 0 amide bonds. The van der Waals surface area contributed by atoms with Crippen molar-refractivity contribution >= 4 is 5.97 Å². The average molecular weight is 306 g/mol. The van der Waals surface area contributed by atoms with Crippen molar-refractivity contribution in [3.63, 3.8) is 0 Å². The second kappa shape index (κ2) is 7.40. The van der Waals surface area contributed by atoms with Gasteiger partial charge in [0.2, 0.25) is 0 Å². The van der Waals surface area contributed by atoms with Gasteiger partial charge in [0.15, 0.2) is 0 Å². The Balaban J connectivity index is 1.73. The minimum atomic E-state index is -0.301. The predicted molar refractivity (Wildman–Crippen MR) is 87.9 cm³/mol. The number of nitrogens with zero attached hydrogens (tertiary/aromatic N) is 2. The molecule has 0 N–H and O–H groups in total. The molecule has 0 saturated heterocycles. The van der Waals surface area contributed by atoms with E-state index in [0.717, 1.165) is 12.1 Å². The summed E-state index contributed by atoms with van der Waals surface area (Å²) in [7, 11) is 0. The van der Waals surface area contributed by atoms with E-state index in [-0.39, 0.29) is 12.1 Å². The maximum absolute atomic E-state index is 12.3. The number of esters is 1. The maximum atomic E-state index is 12.3. The van der Waals surface area contributed by atoms with Gasteiger partial charge in [-0.1, -0.05) is 48.5 Å². The molecule has 0 bridgehead atoms. The molecule has 2 aromatic carbocycles. The van der Waals surface area contributed by atoms with E-state index < -0.39 is 0 Å². The summed E-state index contributed by atoms with van der Waals surface area (Å²) >= 11 is 0. The lowest BCUT2D eigenvalue weighted by molar-refractivity contribution is 0.0266. The van der Waals surface area contributed by atoms with E-state index in [1.54, 1.807) is 24.7 Å². The monoisotopic (exact) mass is 306 g/mol. The number of aryl methyl sites for hydroxylation is 1. The van der Waals surface area contributed by atoms with Gasteiger partial charge in [-0.2, -0.15) is 0 Å². The first-order chi connectivity index (χ1) is 11.3. The number of carbonyl (C=O) groups excluding carboxylic acids is 1. The van der Waals surface area contributed by atoms with Crippen molar-refractivity contribution < 1.29 is 9.53 Å². The summed E-state index contributed by atoms with van der Waals surface area (Å²) in [5, 5.41) is 0. The van der Waals surface area contributed by atoms with Crippen molar-refractivity contribution in [2.24, 2.45) is 0 Å². The van der Waals surface area contributed by atoms with Crippen LogP contribution in [0.4, 0.5) is 0 Å². The van der Waals surface area contributed by atoms with Crippen LogP contribution in [0.1, 0.15) is 28.4 Å². The average Bonchev–Trinajstić information content (AvgIpc) is 3.13. The third-order valence-corrected chi connectivity index (χ3v) is 3.64. The number of rotatable bonds is 6. The van der Waals surface area contributed by atoms with Crippen molar-refractivity contribution in [2.75, 3.05) is 0 Å². The molecule has 4 heteroatoms. The smallest absolute Gasteiger partial charge is 0.338 e. The van der Waals surface area contributed by atoms with Crippen LogP contribution in [0.2, 0.25) is 0 Å². The van der Waals surface area contributed by atoms with Gasteiger partial charge in [-0.25, -0.2) is 9.78 Å². The Bertz CT molecular complexity index is 725. The number of aromatic nitrogens is 2. The molecule has 3 aromatic rings. The van der Waals surface area contributed by atoms with Crippen molar-refractivity contribution in [1.29, 1.82) is 0 Å². The molecule has 1 heterocycles. The van der Waals surface area contributed by atoms with Gasteiger partial charge < -0.3 is 9.30 Å². The van der Waals surface area contributed by atoms with Crippen LogP contribution in [0.25, 0.3) is 0 Å². The van der Waals surface area contributed by atoms with E-state index in [2.05, 4.69) is 4.98 Å². The quantitative estimate of drug-likeness (QED) is 0.649. The van der Waals surface area contributed by atoms with E-state index in [4.69, 9.17) is 4.74 Å². The van der Waals surface area contributed by atoms with Crippen LogP contribution in [-0.4, -0.2) is 15.5 Å². The van der Waals surface area contributed by atoms with Crippen molar-refractivity contribution in [3.8, 4) is 0 Å². The van der Waals surface area contributed by atoms with Gasteiger partial charge in [0.25, 0.3) is 0 Å². The van der Waals surface area contributed by atoms with E-state index in [0.29, 0.717) is 12.0 Å². The first-order valence-corrected chi connectivity index (χ1v) is 7.59. The molecule has 3 rings (SSSR count). The van der Waals surface area contributed by atoms with E-state index in [1.165, 1.54) is 0 Å². The highest BCUT2D eigenvalue weighted by Gasteiger charge is 2.17. The Morgan fingerprint density at radius 3 is 2.39 bits per heavy atom. The number of benzene rings is 2. The molecule has 1 aromatic heterocycles. The normalized spacial score (nSPS) is 11.8. The zero-order valence-electron chi connectivity index (χ0n) is 12.7. The molecule has 1 unspecified atom stereocenters. The first-order valence-electron chi connectivity index (χ1n) is 7.59. The molecule has 23 heavy (non-hydrogen) atoms. The van der Waals surface area contributed by atoms with Gasteiger partial charge in [0, 0.05) is 25.4 Å². The van der Waals surface area contributed by atoms with Crippen LogP contribution < -0.4 is 0 Å². The fourth-order valence-corrected chi connectivity index (χ4v) is 2.42. The second-order valence-corrected chi connectivity index (χ2v) is 5.26. The van der Waals surface area contributed by atoms with Gasteiger partial charge in [-0.15, -0.1) is 0 Å². The largest absolute Gasteiger partial charge is 0.454 e. The molecule has 4 nitrogen and oxygen atoms in total. The highest BCUT2D eigenvalue weighted by molar-refractivity contribution is 5.89. The SMILES string of the molecule is O=C(OC(CCn1ccnc1)c1ccccc1)c1ccccc1. The Hall–Kier alpha value is -2.88. The summed E-state index contributed by atoms with van der Waals surface area (Å²) < 4.78 is 7.73. The minimum absolute atomic E-state index is 0.286. The molecular weight excluding hydrogens is 288 g/mol. The fourth-order valence-electron chi connectivity index (χ4n) is 2.42. The van der Waals surface area contributed by atoms with Gasteiger partial charge in [0.05, 0.1) is 11.9 Å². The van der Waals surface area contributed by atoms with Crippen molar-refractivity contribution in [2.45, 2.75) is 19.1 Å². The van der Waals surface area contributed by atoms with Gasteiger partial charge >= 0.3 is 5.97 Å². The number of carbonyl (C=O) groups is 1. The Morgan fingerprint density at radius 1 is 1.04 bits per heavy atom. The predicted octanol–water partition coefficient (Wildman–Crippen LogP) is 3.87. The second-order valence-electron chi connectivity index (χ2n) is 5.26. The van der Waals surface area contributed by atoms with Crippen LogP contribution in [0, 0.1) is 0 Å². The minimum Gasteiger partial charge on any atom is -0.454 e. The molecule has 0 fully saturated rings. The molecule has 0 radical (unpaired) electrons. The van der Waals surface area contributed by atoms with E-state index in [9.17, 15) is 4.79 Å². The third-order valence-electron chi connectivity index (χ3n) is 3.64. The molecule has 0 aliphatic carbocycles. The van der Waals surface area contributed by atoms with Crippen molar-refractivity contribution in [1.82, 2.24) is 9.55 Å². The summed E-state index contributed by atoms with van der Waals surface area (Å²) in [6.45, 7) is 0.738. The number of hydrogen-bond donors (Lipinski definition) is 0. The topological polar surface area (TPSA) is 44.1 Å². The van der Waals surface area contributed by atoms with E-state index in [1.807, 2.05) is 59.3 Å². The summed E-state index contributed by atoms with van der Waals surface area (Å²) in [5.41, 5.74) is 1.56. The third kappa shape index (κ3) is 4.07. The lowest BCUT2D eigenvalue weighted by Crippen LogP contribution is -2.14. The Morgan fingerprint density at radius 2 is 1.74 bits per heavy atom. The Kier molecular flexibility index (Phi) is 4.84. The summed E-state index contributed by atoms with van der Waals surface area (Å²) in [6.07, 6.45) is 5.82. The maximum Gasteiger partial charge on any atom is 0.338 e. The number of hydrogen-bond acceptors (Lipinski definition) is 3. The highest BCUT2D eigenvalue weighted by atomic mass is 16.5. The zero-order chi connectivity index (χ0) is 15.9. The summed E-state index contributed by atoms with van der Waals surface area (Å²) in [6, 6.07) is 18.9. The van der Waals surface area contributed by atoms with Crippen LogP contribution in [0.5, 0.6) is 0 Å². The molecule has 0 saturated carbocycles. The van der Waals surface area contributed by atoms with Crippen LogP contribution in [-0.2, 0) is 11.3 Å². The van der Waals surface area contributed by atoms with Crippen LogP contribution >= 0.6 is 0 Å². The molecule has 0 spiro atoms. The molecule has 0 aliphatic rings. The zero-order valence-corrected chi connectivity index (χ0v) is 12.7. The van der Waals surface area contributed by atoms with Gasteiger partial charge in [0.1, 0.15) is 6.10 Å². The van der Waals surface area contributed by atoms with Crippen LogP contribution in [0.15, 0.2) is 79.4 Å². The Labute approximate surface area is 135 Å².